The van der Waals surface area contributed by atoms with Crippen molar-refractivity contribution in [3.05, 3.63) is 0 Å². The van der Waals surface area contributed by atoms with Crippen molar-refractivity contribution in [1.29, 1.82) is 0 Å². The van der Waals surface area contributed by atoms with E-state index in [1.807, 2.05) is 6.92 Å². The molecule has 0 aromatic rings. The summed E-state index contributed by atoms with van der Waals surface area (Å²) >= 11 is 0. The number of nitrogens with two attached hydrogens (primary N) is 1. The first-order valence-electron chi connectivity index (χ1n) is 7.53. The average molecular weight is 271 g/mol. The molecule has 0 spiro atoms. The summed E-state index contributed by atoms with van der Waals surface area (Å²) in [6, 6.07) is 0. The Morgan fingerprint density at radius 1 is 1.37 bits per heavy atom. The summed E-state index contributed by atoms with van der Waals surface area (Å²) in [6.07, 6.45) is 5.50. The van der Waals surface area contributed by atoms with Crippen LogP contribution in [0, 0.1) is 11.8 Å². The zero-order valence-corrected chi connectivity index (χ0v) is 12.5. The zero-order chi connectivity index (χ0) is 14.5. The van der Waals surface area contributed by atoms with Crippen molar-refractivity contribution in [3.8, 4) is 0 Å². The second-order valence-electron chi connectivity index (χ2n) is 6.18. The van der Waals surface area contributed by atoms with Gasteiger partial charge in [0, 0.05) is 6.61 Å². The summed E-state index contributed by atoms with van der Waals surface area (Å²) in [7, 11) is 0. The smallest absolute Gasteiger partial charge is 0.323 e. The first kappa shape index (κ1) is 16.4. The minimum atomic E-state index is -1.09. The molecule has 112 valence electrons. The highest BCUT2D eigenvalue weighted by atomic mass is 16.5. The average Bonchev–Trinajstić information content (AvgIpc) is 2.38. The van der Waals surface area contributed by atoms with Gasteiger partial charge in [-0.2, -0.15) is 0 Å². The van der Waals surface area contributed by atoms with Crippen molar-refractivity contribution >= 4 is 5.97 Å². The minimum absolute atomic E-state index is 0.352. The summed E-state index contributed by atoms with van der Waals surface area (Å²) in [5.74, 6) is 0.612. The molecule has 4 atom stereocenters. The Morgan fingerprint density at radius 2 is 2.05 bits per heavy atom. The molecule has 0 heterocycles. The number of carbonyl (C=O) groups is 1. The molecule has 1 saturated carbocycles. The molecule has 4 unspecified atom stereocenters. The summed E-state index contributed by atoms with van der Waals surface area (Å²) in [5.41, 5.74) is 4.76. The van der Waals surface area contributed by atoms with Crippen LogP contribution in [0.3, 0.4) is 0 Å². The number of carboxylic acid groups (broad SMARTS) is 1. The van der Waals surface area contributed by atoms with Crippen LogP contribution in [0.2, 0.25) is 0 Å². The van der Waals surface area contributed by atoms with Gasteiger partial charge in [-0.25, -0.2) is 0 Å². The second kappa shape index (κ2) is 7.25. The van der Waals surface area contributed by atoms with Gasteiger partial charge in [0.25, 0.3) is 0 Å². The lowest BCUT2D eigenvalue weighted by Gasteiger charge is -2.32. The van der Waals surface area contributed by atoms with Gasteiger partial charge < -0.3 is 15.6 Å². The number of ether oxygens (including phenoxy) is 1. The van der Waals surface area contributed by atoms with Gasteiger partial charge in [-0.1, -0.05) is 20.8 Å². The van der Waals surface area contributed by atoms with Gasteiger partial charge >= 0.3 is 5.97 Å². The SMILES string of the molecule is CCC(N)(CCCOC1CCC(C)C(C)C1)C(=O)O. The van der Waals surface area contributed by atoms with E-state index >= 15 is 0 Å². The van der Waals surface area contributed by atoms with Gasteiger partial charge in [0.2, 0.25) is 0 Å². The predicted molar refractivity (Wildman–Crippen MR) is 76.0 cm³/mol. The Morgan fingerprint density at radius 3 is 2.58 bits per heavy atom. The predicted octanol–water partition coefficient (Wildman–Crippen LogP) is 2.80. The molecule has 1 aliphatic carbocycles. The first-order chi connectivity index (χ1) is 8.89. The Balaban J connectivity index is 2.22. The lowest BCUT2D eigenvalue weighted by atomic mass is 9.80. The van der Waals surface area contributed by atoms with Crippen LogP contribution in [-0.4, -0.2) is 29.3 Å². The topological polar surface area (TPSA) is 72.5 Å². The molecule has 0 aromatic heterocycles. The third-order valence-corrected chi connectivity index (χ3v) is 4.73. The highest BCUT2D eigenvalue weighted by molar-refractivity contribution is 5.78. The van der Waals surface area contributed by atoms with Crippen molar-refractivity contribution in [2.75, 3.05) is 6.61 Å². The van der Waals surface area contributed by atoms with E-state index in [0.29, 0.717) is 25.6 Å². The van der Waals surface area contributed by atoms with E-state index in [1.54, 1.807) is 0 Å². The molecule has 1 rings (SSSR count). The number of rotatable bonds is 7. The number of hydrogen-bond donors (Lipinski definition) is 2. The van der Waals surface area contributed by atoms with E-state index in [9.17, 15) is 4.79 Å². The van der Waals surface area contributed by atoms with E-state index in [4.69, 9.17) is 15.6 Å². The summed E-state index contributed by atoms with van der Waals surface area (Å²) in [5, 5.41) is 9.08. The normalized spacial score (nSPS) is 30.8. The van der Waals surface area contributed by atoms with Gasteiger partial charge in [0.05, 0.1) is 6.10 Å². The van der Waals surface area contributed by atoms with Gasteiger partial charge in [-0.15, -0.1) is 0 Å². The fourth-order valence-electron chi connectivity index (χ4n) is 2.72. The third kappa shape index (κ3) is 4.77. The lowest BCUT2D eigenvalue weighted by Crippen LogP contribution is -2.47. The maximum absolute atomic E-state index is 11.1. The van der Waals surface area contributed by atoms with Crippen molar-refractivity contribution in [2.45, 2.75) is 70.9 Å². The molecule has 0 aliphatic heterocycles. The van der Waals surface area contributed by atoms with Crippen LogP contribution in [0.5, 0.6) is 0 Å². The maximum Gasteiger partial charge on any atom is 0.323 e. The Labute approximate surface area is 116 Å². The number of hydrogen-bond acceptors (Lipinski definition) is 3. The molecule has 4 heteroatoms. The summed E-state index contributed by atoms with van der Waals surface area (Å²) < 4.78 is 5.87. The zero-order valence-electron chi connectivity index (χ0n) is 12.5. The van der Waals surface area contributed by atoms with Crippen molar-refractivity contribution in [3.63, 3.8) is 0 Å². The van der Waals surface area contributed by atoms with Crippen LogP contribution in [0.4, 0.5) is 0 Å². The van der Waals surface area contributed by atoms with Crippen LogP contribution in [-0.2, 0) is 9.53 Å². The first-order valence-corrected chi connectivity index (χ1v) is 7.53. The Bertz CT molecular complexity index is 295. The Kier molecular flexibility index (Phi) is 6.27. The molecule has 0 amide bonds. The molecule has 0 radical (unpaired) electrons. The van der Waals surface area contributed by atoms with Crippen LogP contribution in [0.25, 0.3) is 0 Å². The van der Waals surface area contributed by atoms with Crippen LogP contribution in [0.15, 0.2) is 0 Å². The fraction of sp³-hybridized carbons (Fsp3) is 0.933. The number of carboxylic acids is 1. The van der Waals surface area contributed by atoms with Gasteiger partial charge in [0.1, 0.15) is 5.54 Å². The van der Waals surface area contributed by atoms with E-state index in [1.165, 1.54) is 6.42 Å². The van der Waals surface area contributed by atoms with Crippen molar-refractivity contribution in [1.82, 2.24) is 0 Å². The molecular formula is C15H29NO3. The van der Waals surface area contributed by atoms with Crippen LogP contribution < -0.4 is 5.73 Å². The third-order valence-electron chi connectivity index (χ3n) is 4.73. The van der Waals surface area contributed by atoms with Crippen LogP contribution in [0.1, 0.15) is 59.3 Å². The van der Waals surface area contributed by atoms with E-state index < -0.39 is 11.5 Å². The number of aliphatic carboxylic acids is 1. The van der Waals surface area contributed by atoms with Crippen molar-refractivity contribution < 1.29 is 14.6 Å². The molecule has 19 heavy (non-hydrogen) atoms. The van der Waals surface area contributed by atoms with Crippen LogP contribution >= 0.6 is 0 Å². The standard InChI is InChI=1S/C15H29NO3/c1-4-15(16,14(17)18)8-5-9-19-13-7-6-11(2)12(3)10-13/h11-13H,4-10,16H2,1-3H3,(H,17,18). The largest absolute Gasteiger partial charge is 0.480 e. The molecule has 0 aromatic carbocycles. The molecule has 1 fully saturated rings. The minimum Gasteiger partial charge on any atom is -0.480 e. The highest BCUT2D eigenvalue weighted by Gasteiger charge is 2.31. The molecule has 0 saturated heterocycles. The van der Waals surface area contributed by atoms with Gasteiger partial charge in [-0.3, -0.25) is 4.79 Å². The molecule has 0 bridgehead atoms. The summed E-state index contributed by atoms with van der Waals surface area (Å²) in [6.45, 7) is 7.03. The lowest BCUT2D eigenvalue weighted by molar-refractivity contribution is -0.144. The fourth-order valence-corrected chi connectivity index (χ4v) is 2.72. The van der Waals surface area contributed by atoms with E-state index in [2.05, 4.69) is 13.8 Å². The molecule has 1 aliphatic rings. The second-order valence-corrected chi connectivity index (χ2v) is 6.18. The molecular weight excluding hydrogens is 242 g/mol. The van der Waals surface area contributed by atoms with Crippen molar-refractivity contribution in [2.24, 2.45) is 17.6 Å². The Hall–Kier alpha value is -0.610. The van der Waals surface area contributed by atoms with Gasteiger partial charge in [0.15, 0.2) is 0 Å². The quantitative estimate of drug-likeness (QED) is 0.698. The van der Waals surface area contributed by atoms with E-state index in [-0.39, 0.29) is 0 Å². The van der Waals surface area contributed by atoms with E-state index in [0.717, 1.165) is 31.1 Å². The molecule has 3 N–H and O–H groups in total. The summed E-state index contributed by atoms with van der Waals surface area (Å²) in [4.78, 5) is 11.1. The maximum atomic E-state index is 11.1. The highest BCUT2D eigenvalue weighted by Crippen LogP contribution is 2.31. The molecule has 4 nitrogen and oxygen atoms in total. The van der Waals surface area contributed by atoms with Gasteiger partial charge in [-0.05, 0) is 50.4 Å². The monoisotopic (exact) mass is 271 g/mol.